The summed E-state index contributed by atoms with van der Waals surface area (Å²) in [5, 5.41) is 2.14. The predicted octanol–water partition coefficient (Wildman–Crippen LogP) is 1.90. The van der Waals surface area contributed by atoms with Gasteiger partial charge in [-0.1, -0.05) is 6.07 Å². The van der Waals surface area contributed by atoms with Crippen molar-refractivity contribution in [1.82, 2.24) is 5.32 Å². The van der Waals surface area contributed by atoms with Crippen molar-refractivity contribution in [2.75, 3.05) is 7.11 Å². The minimum absolute atomic E-state index is 0.137. The predicted molar refractivity (Wildman–Crippen MR) is 65.4 cm³/mol. The topological polar surface area (TPSA) is 55.4 Å². The summed E-state index contributed by atoms with van der Waals surface area (Å²) in [6.07, 6.45) is 1.49. The summed E-state index contributed by atoms with van der Waals surface area (Å²) in [4.78, 5) is 22.2. The molecule has 1 aromatic rings. The van der Waals surface area contributed by atoms with E-state index in [1.807, 2.05) is 0 Å². The summed E-state index contributed by atoms with van der Waals surface area (Å²) in [7, 11) is 1.37. The smallest absolute Gasteiger partial charge is 0.253 e. The van der Waals surface area contributed by atoms with Gasteiger partial charge in [0.1, 0.15) is 0 Å². The second-order valence-corrected chi connectivity index (χ2v) is 3.73. The van der Waals surface area contributed by atoms with E-state index in [2.05, 4.69) is 5.32 Å². The molecule has 0 aliphatic heterocycles. The molecule has 0 aliphatic rings. The van der Waals surface area contributed by atoms with E-state index in [0.29, 0.717) is 11.1 Å². The third-order valence-corrected chi connectivity index (χ3v) is 2.21. The van der Waals surface area contributed by atoms with E-state index in [-0.39, 0.29) is 5.75 Å². The van der Waals surface area contributed by atoms with E-state index >= 15 is 0 Å². The van der Waals surface area contributed by atoms with Crippen LogP contribution >= 0.6 is 0 Å². The third-order valence-electron chi connectivity index (χ3n) is 2.21. The maximum atomic E-state index is 13.4. The number of benzene rings is 1. The van der Waals surface area contributed by atoms with Gasteiger partial charge in [0.25, 0.3) is 5.91 Å². The second-order valence-electron chi connectivity index (χ2n) is 3.73. The van der Waals surface area contributed by atoms with E-state index in [9.17, 15) is 14.0 Å². The molecule has 0 fully saturated rings. The molecule has 4 nitrogen and oxygen atoms in total. The average Bonchev–Trinajstić information content (AvgIpc) is 2.28. The molecule has 18 heavy (non-hydrogen) atoms. The number of ether oxygens (including phenoxy) is 1. The summed E-state index contributed by atoms with van der Waals surface area (Å²) in [5.74, 6) is -1.31. The van der Waals surface area contributed by atoms with E-state index < -0.39 is 17.6 Å². The monoisotopic (exact) mass is 251 g/mol. The number of amides is 2. The first-order valence-corrected chi connectivity index (χ1v) is 5.27. The zero-order chi connectivity index (χ0) is 13.7. The molecule has 1 rings (SSSR count). The van der Waals surface area contributed by atoms with Gasteiger partial charge in [-0.2, -0.15) is 0 Å². The Morgan fingerprint density at radius 1 is 1.33 bits per heavy atom. The molecule has 0 heterocycles. The van der Waals surface area contributed by atoms with Crippen molar-refractivity contribution in [2.24, 2.45) is 0 Å². The van der Waals surface area contributed by atoms with Crippen LogP contribution in [0.15, 0.2) is 23.8 Å². The van der Waals surface area contributed by atoms with Crippen LogP contribution in [0, 0.1) is 5.82 Å². The SMILES string of the molecule is COc1ccc(/C=C(\C)C(=O)NC(C)=O)cc1F. The number of methoxy groups -OCH3 is 1. The molecule has 1 aromatic carbocycles. The van der Waals surface area contributed by atoms with Crippen LogP contribution in [-0.2, 0) is 9.59 Å². The quantitative estimate of drug-likeness (QED) is 0.835. The Balaban J connectivity index is 2.92. The van der Waals surface area contributed by atoms with Gasteiger partial charge in [0.05, 0.1) is 7.11 Å². The second kappa shape index (κ2) is 5.95. The highest BCUT2D eigenvalue weighted by Gasteiger charge is 2.07. The molecule has 0 saturated heterocycles. The molecule has 0 aliphatic carbocycles. The van der Waals surface area contributed by atoms with Gasteiger partial charge < -0.3 is 4.74 Å². The molecule has 1 N–H and O–H groups in total. The highest BCUT2D eigenvalue weighted by atomic mass is 19.1. The summed E-state index contributed by atoms with van der Waals surface area (Å²) in [6, 6.07) is 4.34. The highest BCUT2D eigenvalue weighted by Crippen LogP contribution is 2.19. The number of imide groups is 1. The first kappa shape index (κ1) is 13.9. The van der Waals surface area contributed by atoms with E-state index in [1.165, 1.54) is 32.2 Å². The Morgan fingerprint density at radius 3 is 2.50 bits per heavy atom. The number of hydrogen-bond acceptors (Lipinski definition) is 3. The van der Waals surface area contributed by atoms with Crippen LogP contribution in [0.4, 0.5) is 4.39 Å². The van der Waals surface area contributed by atoms with Gasteiger partial charge in [-0.3, -0.25) is 14.9 Å². The van der Waals surface area contributed by atoms with Crippen molar-refractivity contribution in [2.45, 2.75) is 13.8 Å². The van der Waals surface area contributed by atoms with Crippen LogP contribution in [0.25, 0.3) is 6.08 Å². The van der Waals surface area contributed by atoms with Gasteiger partial charge >= 0.3 is 0 Å². The van der Waals surface area contributed by atoms with Crippen molar-refractivity contribution in [3.63, 3.8) is 0 Å². The van der Waals surface area contributed by atoms with Crippen LogP contribution < -0.4 is 10.1 Å². The Kier molecular flexibility index (Phi) is 4.59. The van der Waals surface area contributed by atoms with E-state index in [4.69, 9.17) is 4.74 Å². The number of carbonyl (C=O) groups excluding carboxylic acids is 2. The zero-order valence-electron chi connectivity index (χ0n) is 10.4. The maximum Gasteiger partial charge on any atom is 0.253 e. The summed E-state index contributed by atoms with van der Waals surface area (Å²) >= 11 is 0. The lowest BCUT2D eigenvalue weighted by Gasteiger charge is -2.04. The molecule has 2 amide bonds. The lowest BCUT2D eigenvalue weighted by atomic mass is 10.1. The normalized spacial score (nSPS) is 11.0. The van der Waals surface area contributed by atoms with Crippen LogP contribution in [0.5, 0.6) is 5.75 Å². The van der Waals surface area contributed by atoms with Crippen LogP contribution in [0.1, 0.15) is 19.4 Å². The first-order chi connectivity index (χ1) is 8.43. The Hall–Kier alpha value is -2.17. The van der Waals surface area contributed by atoms with Crippen LogP contribution in [0.2, 0.25) is 0 Å². The van der Waals surface area contributed by atoms with Crippen molar-refractivity contribution in [3.8, 4) is 5.75 Å². The Morgan fingerprint density at radius 2 is 2.00 bits per heavy atom. The third kappa shape index (κ3) is 3.69. The number of hydrogen-bond donors (Lipinski definition) is 1. The molecule has 96 valence electrons. The number of halogens is 1. The molecule has 0 spiro atoms. The summed E-state index contributed by atoms with van der Waals surface area (Å²) in [5.41, 5.74) is 0.833. The molecular weight excluding hydrogens is 237 g/mol. The van der Waals surface area contributed by atoms with E-state index in [1.54, 1.807) is 13.0 Å². The summed E-state index contributed by atoms with van der Waals surface area (Å²) < 4.78 is 18.2. The maximum absolute atomic E-state index is 13.4. The molecule has 0 unspecified atom stereocenters. The Labute approximate surface area is 104 Å². The number of carbonyl (C=O) groups is 2. The fraction of sp³-hybridized carbons (Fsp3) is 0.231. The van der Waals surface area contributed by atoms with Crippen LogP contribution in [-0.4, -0.2) is 18.9 Å². The lowest BCUT2D eigenvalue weighted by molar-refractivity contribution is -0.127. The number of rotatable bonds is 3. The van der Waals surface area contributed by atoms with E-state index in [0.717, 1.165) is 0 Å². The minimum atomic E-state index is -0.508. The molecular formula is C13H14FNO3. The first-order valence-electron chi connectivity index (χ1n) is 5.27. The van der Waals surface area contributed by atoms with Gasteiger partial charge in [-0.25, -0.2) is 4.39 Å². The van der Waals surface area contributed by atoms with Gasteiger partial charge in [0.2, 0.25) is 5.91 Å². The van der Waals surface area contributed by atoms with Crippen LogP contribution in [0.3, 0.4) is 0 Å². The van der Waals surface area contributed by atoms with Crippen molar-refractivity contribution in [1.29, 1.82) is 0 Å². The van der Waals surface area contributed by atoms with Gasteiger partial charge in [0, 0.05) is 12.5 Å². The highest BCUT2D eigenvalue weighted by molar-refractivity contribution is 6.05. The summed E-state index contributed by atoms with van der Waals surface area (Å²) in [6.45, 7) is 2.79. The molecule has 0 atom stereocenters. The largest absolute Gasteiger partial charge is 0.494 e. The molecule has 0 aromatic heterocycles. The minimum Gasteiger partial charge on any atom is -0.494 e. The van der Waals surface area contributed by atoms with Crippen molar-refractivity contribution >= 4 is 17.9 Å². The standard InChI is InChI=1S/C13H14FNO3/c1-8(13(17)15-9(2)16)6-10-4-5-12(18-3)11(14)7-10/h4-7H,1-3H3,(H,15,16,17)/b8-6+. The average molecular weight is 251 g/mol. The van der Waals surface area contributed by atoms with Gasteiger partial charge in [-0.15, -0.1) is 0 Å². The molecule has 0 radical (unpaired) electrons. The van der Waals surface area contributed by atoms with Gasteiger partial charge in [0.15, 0.2) is 11.6 Å². The Bertz CT molecular complexity index is 509. The van der Waals surface area contributed by atoms with Crippen molar-refractivity contribution < 1.29 is 18.7 Å². The number of nitrogens with one attached hydrogen (secondary N) is 1. The van der Waals surface area contributed by atoms with Gasteiger partial charge in [-0.05, 0) is 30.7 Å². The molecule has 0 bridgehead atoms. The fourth-order valence-electron chi connectivity index (χ4n) is 1.35. The fourth-order valence-corrected chi connectivity index (χ4v) is 1.35. The van der Waals surface area contributed by atoms with Crippen molar-refractivity contribution in [3.05, 3.63) is 35.2 Å². The zero-order valence-corrected chi connectivity index (χ0v) is 10.4. The molecule has 5 heteroatoms. The lowest BCUT2D eigenvalue weighted by Crippen LogP contribution is -2.28. The molecule has 0 saturated carbocycles.